The summed E-state index contributed by atoms with van der Waals surface area (Å²) in [5.74, 6) is -0.817. The van der Waals surface area contributed by atoms with Gasteiger partial charge in [-0.25, -0.2) is 4.98 Å². The summed E-state index contributed by atoms with van der Waals surface area (Å²) < 4.78 is 0. The molecule has 1 heterocycles. The van der Waals surface area contributed by atoms with Gasteiger partial charge in [-0.2, -0.15) is 0 Å². The van der Waals surface area contributed by atoms with Crippen LogP contribution in [-0.2, 0) is 9.59 Å². The first-order valence-electron chi connectivity index (χ1n) is 5.56. The molecule has 0 spiro atoms. The third kappa shape index (κ3) is 5.14. The molecular weight excluding hydrogens is 222 g/mol. The minimum Gasteiger partial charge on any atom is -0.481 e. The molecule has 6 nitrogen and oxygen atoms in total. The van der Waals surface area contributed by atoms with Gasteiger partial charge in [0.25, 0.3) is 0 Å². The van der Waals surface area contributed by atoms with Crippen molar-refractivity contribution in [1.82, 2.24) is 15.3 Å². The molecule has 0 radical (unpaired) electrons. The fourth-order valence-electron chi connectivity index (χ4n) is 1.40. The van der Waals surface area contributed by atoms with E-state index in [-0.39, 0.29) is 24.7 Å². The van der Waals surface area contributed by atoms with E-state index in [1.165, 1.54) is 0 Å². The van der Waals surface area contributed by atoms with Crippen LogP contribution in [0.4, 0.5) is 0 Å². The lowest BCUT2D eigenvalue weighted by Crippen LogP contribution is -2.27. The number of carbonyl (C=O) groups is 2. The van der Waals surface area contributed by atoms with Crippen LogP contribution in [0.3, 0.4) is 0 Å². The number of nitrogens with zero attached hydrogens (tertiary/aromatic N) is 1. The Labute approximate surface area is 99.4 Å². The molecule has 3 N–H and O–H groups in total. The summed E-state index contributed by atoms with van der Waals surface area (Å²) in [6.45, 7) is 2.50. The van der Waals surface area contributed by atoms with Gasteiger partial charge in [-0.1, -0.05) is 6.92 Å². The quantitative estimate of drug-likeness (QED) is 0.658. The molecular formula is C11H17N3O3. The number of carboxylic acids is 1. The minimum absolute atomic E-state index is 0.0313. The normalized spacial score (nSPS) is 12.1. The summed E-state index contributed by atoms with van der Waals surface area (Å²) >= 11 is 0. The van der Waals surface area contributed by atoms with Crippen LogP contribution in [0.15, 0.2) is 12.5 Å². The number of carboxylic acid groups (broad SMARTS) is 1. The summed E-state index contributed by atoms with van der Waals surface area (Å²) in [6, 6.07) is 0. The SMILES string of the molecule is CC(CNC(=O)CCCC(=O)O)c1cnc[nH]1. The van der Waals surface area contributed by atoms with Crippen LogP contribution in [-0.4, -0.2) is 33.5 Å². The molecule has 94 valence electrons. The van der Waals surface area contributed by atoms with Gasteiger partial charge < -0.3 is 15.4 Å². The van der Waals surface area contributed by atoms with Crippen LogP contribution in [0.2, 0.25) is 0 Å². The molecule has 0 bridgehead atoms. The highest BCUT2D eigenvalue weighted by molar-refractivity contribution is 5.76. The van der Waals surface area contributed by atoms with Crippen molar-refractivity contribution < 1.29 is 14.7 Å². The topological polar surface area (TPSA) is 95.1 Å². The number of carbonyl (C=O) groups excluding carboxylic acids is 1. The van der Waals surface area contributed by atoms with Crippen LogP contribution in [0, 0.1) is 0 Å². The van der Waals surface area contributed by atoms with Gasteiger partial charge >= 0.3 is 5.97 Å². The Morgan fingerprint density at radius 2 is 2.29 bits per heavy atom. The van der Waals surface area contributed by atoms with E-state index in [0.717, 1.165) is 5.69 Å². The van der Waals surface area contributed by atoms with Crippen LogP contribution in [0.5, 0.6) is 0 Å². The van der Waals surface area contributed by atoms with E-state index < -0.39 is 5.97 Å². The Kier molecular flexibility index (Phi) is 5.19. The molecule has 17 heavy (non-hydrogen) atoms. The third-order valence-corrected chi connectivity index (χ3v) is 2.45. The molecule has 0 saturated carbocycles. The molecule has 0 aliphatic heterocycles. The van der Waals surface area contributed by atoms with Crippen LogP contribution < -0.4 is 5.32 Å². The standard InChI is InChI=1S/C11H17N3O3/c1-8(9-6-12-7-14-9)5-13-10(15)3-2-4-11(16)17/h6-8H,2-5H2,1H3,(H,12,14)(H,13,15)(H,16,17). The fourth-order valence-corrected chi connectivity index (χ4v) is 1.40. The van der Waals surface area contributed by atoms with E-state index in [2.05, 4.69) is 15.3 Å². The van der Waals surface area contributed by atoms with Crippen molar-refractivity contribution in [2.75, 3.05) is 6.54 Å². The highest BCUT2D eigenvalue weighted by Gasteiger charge is 2.09. The predicted octanol–water partition coefficient (Wildman–Crippen LogP) is 0.884. The number of hydrogen-bond donors (Lipinski definition) is 3. The van der Waals surface area contributed by atoms with Gasteiger partial charge in [-0.05, 0) is 6.42 Å². The molecule has 0 aromatic carbocycles. The average molecular weight is 239 g/mol. The molecule has 0 aliphatic rings. The second-order valence-electron chi connectivity index (χ2n) is 3.96. The first-order chi connectivity index (χ1) is 8.09. The minimum atomic E-state index is -0.872. The number of aromatic amines is 1. The molecule has 1 aromatic heterocycles. The Balaban J connectivity index is 2.17. The maximum Gasteiger partial charge on any atom is 0.303 e. The van der Waals surface area contributed by atoms with Crippen molar-refractivity contribution in [2.45, 2.75) is 32.1 Å². The third-order valence-electron chi connectivity index (χ3n) is 2.45. The van der Waals surface area contributed by atoms with Crippen molar-refractivity contribution in [3.63, 3.8) is 0 Å². The molecule has 0 saturated heterocycles. The van der Waals surface area contributed by atoms with Crippen molar-refractivity contribution in [1.29, 1.82) is 0 Å². The fraction of sp³-hybridized carbons (Fsp3) is 0.545. The molecule has 0 aliphatic carbocycles. The van der Waals surface area contributed by atoms with Gasteiger partial charge in [0, 0.05) is 37.2 Å². The van der Waals surface area contributed by atoms with E-state index in [9.17, 15) is 9.59 Å². The van der Waals surface area contributed by atoms with Gasteiger partial charge in [0.05, 0.1) is 6.33 Å². The van der Waals surface area contributed by atoms with Crippen LogP contribution in [0.1, 0.15) is 37.8 Å². The van der Waals surface area contributed by atoms with Crippen molar-refractivity contribution in [3.05, 3.63) is 18.2 Å². The van der Waals surface area contributed by atoms with E-state index in [1.807, 2.05) is 6.92 Å². The molecule has 1 atom stereocenters. The van der Waals surface area contributed by atoms with Crippen molar-refractivity contribution in [3.8, 4) is 0 Å². The lowest BCUT2D eigenvalue weighted by atomic mass is 10.1. The molecule has 1 unspecified atom stereocenters. The number of rotatable bonds is 7. The molecule has 1 amide bonds. The van der Waals surface area contributed by atoms with Crippen molar-refractivity contribution >= 4 is 11.9 Å². The zero-order valence-corrected chi connectivity index (χ0v) is 9.77. The van der Waals surface area contributed by atoms with Gasteiger partial charge in [0.2, 0.25) is 5.91 Å². The number of H-pyrrole nitrogens is 1. The molecule has 0 fully saturated rings. The second kappa shape index (κ2) is 6.67. The van der Waals surface area contributed by atoms with Gasteiger partial charge in [0.15, 0.2) is 0 Å². The lowest BCUT2D eigenvalue weighted by Gasteiger charge is -2.10. The smallest absolute Gasteiger partial charge is 0.303 e. The van der Waals surface area contributed by atoms with E-state index in [4.69, 9.17) is 5.11 Å². The number of imidazole rings is 1. The lowest BCUT2D eigenvalue weighted by molar-refractivity contribution is -0.137. The average Bonchev–Trinajstić information content (AvgIpc) is 2.78. The van der Waals surface area contributed by atoms with E-state index in [1.54, 1.807) is 12.5 Å². The first kappa shape index (κ1) is 13.2. The number of hydrogen-bond acceptors (Lipinski definition) is 3. The number of amides is 1. The largest absolute Gasteiger partial charge is 0.481 e. The van der Waals surface area contributed by atoms with E-state index >= 15 is 0 Å². The summed E-state index contributed by atoms with van der Waals surface area (Å²) in [6.07, 6.45) is 3.98. The van der Waals surface area contributed by atoms with Gasteiger partial charge in [-0.15, -0.1) is 0 Å². The number of aliphatic carboxylic acids is 1. The first-order valence-corrected chi connectivity index (χ1v) is 5.56. The zero-order valence-electron chi connectivity index (χ0n) is 9.77. The van der Waals surface area contributed by atoms with Crippen molar-refractivity contribution in [2.24, 2.45) is 0 Å². The maximum atomic E-state index is 11.4. The summed E-state index contributed by atoms with van der Waals surface area (Å²) in [4.78, 5) is 28.5. The molecule has 1 rings (SSSR count). The van der Waals surface area contributed by atoms with Crippen LogP contribution in [0.25, 0.3) is 0 Å². The highest BCUT2D eigenvalue weighted by Crippen LogP contribution is 2.09. The summed E-state index contributed by atoms with van der Waals surface area (Å²) in [5, 5.41) is 11.2. The Hall–Kier alpha value is -1.85. The van der Waals surface area contributed by atoms with Crippen LogP contribution >= 0.6 is 0 Å². The predicted molar refractivity (Wildman–Crippen MR) is 61.5 cm³/mol. The second-order valence-corrected chi connectivity index (χ2v) is 3.96. The Bertz CT molecular complexity index is 362. The maximum absolute atomic E-state index is 11.4. The summed E-state index contributed by atoms with van der Waals surface area (Å²) in [7, 11) is 0. The highest BCUT2D eigenvalue weighted by atomic mass is 16.4. The monoisotopic (exact) mass is 239 g/mol. The zero-order chi connectivity index (χ0) is 12.7. The van der Waals surface area contributed by atoms with Gasteiger partial charge in [-0.3, -0.25) is 9.59 Å². The summed E-state index contributed by atoms with van der Waals surface area (Å²) in [5.41, 5.74) is 0.968. The Morgan fingerprint density at radius 1 is 1.53 bits per heavy atom. The number of nitrogens with one attached hydrogen (secondary N) is 2. The Morgan fingerprint density at radius 3 is 2.88 bits per heavy atom. The number of aromatic nitrogens is 2. The molecule has 6 heteroatoms. The van der Waals surface area contributed by atoms with E-state index in [0.29, 0.717) is 13.0 Å². The van der Waals surface area contributed by atoms with Gasteiger partial charge in [0.1, 0.15) is 0 Å². The molecule has 1 aromatic rings.